The van der Waals surface area contributed by atoms with Gasteiger partial charge in [0.05, 0.1) is 16.6 Å². The van der Waals surface area contributed by atoms with Crippen LogP contribution in [0.4, 0.5) is 0 Å². The smallest absolute Gasteiger partial charge is 0.344 e. The maximum Gasteiger partial charge on any atom is 0.344 e. The highest BCUT2D eigenvalue weighted by Gasteiger charge is 2.51. The first-order valence-electron chi connectivity index (χ1n) is 9.95. The Kier molecular flexibility index (Phi) is 6.36. The van der Waals surface area contributed by atoms with E-state index in [1.807, 2.05) is 0 Å². The summed E-state index contributed by atoms with van der Waals surface area (Å²) in [6, 6.07) is 9.49. The molecule has 1 atom stereocenters. The number of hydrogen-bond acceptors (Lipinski definition) is 6. The first-order chi connectivity index (χ1) is 14.7. The summed E-state index contributed by atoms with van der Waals surface area (Å²) in [4.78, 5) is 12.0. The zero-order valence-corrected chi connectivity index (χ0v) is 20.1. The molecule has 0 saturated carbocycles. The molecule has 6 nitrogen and oxygen atoms in total. The van der Waals surface area contributed by atoms with Crippen molar-refractivity contribution in [2.45, 2.75) is 56.0 Å². The van der Waals surface area contributed by atoms with Gasteiger partial charge in [0, 0.05) is 16.1 Å². The van der Waals surface area contributed by atoms with Gasteiger partial charge in [0.25, 0.3) is 0 Å². The lowest BCUT2D eigenvalue weighted by Crippen LogP contribution is -2.32. The lowest BCUT2D eigenvalue weighted by Gasteiger charge is -2.20. The third-order valence-corrected chi connectivity index (χ3v) is 7.77. The molecule has 0 radical (unpaired) electrons. The normalized spacial score (nSPS) is 18.3. The maximum atomic E-state index is 12.8. The first kappa shape index (κ1) is 24.1. The third kappa shape index (κ3) is 4.78. The Bertz CT molecular complexity index is 1230. The van der Waals surface area contributed by atoms with E-state index in [4.69, 9.17) is 21.1 Å². The molecule has 32 heavy (non-hydrogen) atoms. The Balaban J connectivity index is 1.89. The minimum absolute atomic E-state index is 0.0780. The lowest BCUT2D eigenvalue weighted by atomic mass is 9.98. The molecule has 8 heteroatoms. The van der Waals surface area contributed by atoms with Gasteiger partial charge < -0.3 is 14.6 Å². The average molecular weight is 477 g/mol. The molecule has 1 N–H and O–H groups in total. The van der Waals surface area contributed by atoms with Crippen molar-refractivity contribution >= 4 is 27.4 Å². The van der Waals surface area contributed by atoms with Gasteiger partial charge in [0.15, 0.2) is 16.4 Å². The number of carbonyl (C=O) groups excluding carboxylic acids is 1. The predicted molar refractivity (Wildman–Crippen MR) is 121 cm³/mol. The van der Waals surface area contributed by atoms with Crippen molar-refractivity contribution in [1.82, 2.24) is 0 Å². The fraction of sp³-hybridized carbons (Fsp3) is 0.375. The molecule has 0 amide bonds. The van der Waals surface area contributed by atoms with Gasteiger partial charge in [0.2, 0.25) is 0 Å². The van der Waals surface area contributed by atoms with Crippen LogP contribution in [-0.4, -0.2) is 36.4 Å². The van der Waals surface area contributed by atoms with Crippen LogP contribution >= 0.6 is 11.6 Å². The van der Waals surface area contributed by atoms with Crippen molar-refractivity contribution in [2.24, 2.45) is 0 Å². The van der Waals surface area contributed by atoms with E-state index in [1.165, 1.54) is 19.9 Å². The molecule has 1 unspecified atom stereocenters. The number of rotatable bonds is 3. The summed E-state index contributed by atoms with van der Waals surface area (Å²) in [5, 5.41) is 10.8. The zero-order valence-electron chi connectivity index (χ0n) is 18.5. The zero-order chi connectivity index (χ0) is 23.9. The number of benzene rings is 2. The number of aliphatic hydroxyl groups is 1. The molecular weight excluding hydrogens is 452 g/mol. The second-order valence-electron chi connectivity index (χ2n) is 9.03. The summed E-state index contributed by atoms with van der Waals surface area (Å²) in [5.41, 5.74) is 0.629. The van der Waals surface area contributed by atoms with E-state index in [0.29, 0.717) is 27.5 Å². The molecule has 0 saturated heterocycles. The van der Waals surface area contributed by atoms with Gasteiger partial charge in [-0.05, 0) is 65.0 Å². The van der Waals surface area contributed by atoms with E-state index in [1.54, 1.807) is 51.1 Å². The molecular formula is C24H25ClO6S. The quantitative estimate of drug-likeness (QED) is 0.530. The van der Waals surface area contributed by atoms with Gasteiger partial charge in [-0.3, -0.25) is 0 Å². The van der Waals surface area contributed by atoms with Crippen LogP contribution in [0.1, 0.15) is 57.4 Å². The SMILES string of the molecule is CC(C)(C)OC(=O)COc1ccc(Cl)cc1C#Cc1ccc2c(c1)S(=O)(=O)C(C)(C)C2O. The fourth-order valence-corrected chi connectivity index (χ4v) is 5.18. The summed E-state index contributed by atoms with van der Waals surface area (Å²) in [7, 11) is -3.70. The van der Waals surface area contributed by atoms with E-state index >= 15 is 0 Å². The maximum absolute atomic E-state index is 12.8. The number of ether oxygens (including phenoxy) is 2. The second-order valence-corrected chi connectivity index (χ2v) is 12.0. The minimum atomic E-state index is -3.70. The van der Waals surface area contributed by atoms with Crippen LogP contribution in [0.5, 0.6) is 5.75 Å². The topological polar surface area (TPSA) is 89.9 Å². The summed E-state index contributed by atoms with van der Waals surface area (Å²) < 4.78 is 35.1. The molecule has 0 spiro atoms. The standard InChI is InChI=1S/C24H25ClO6S/c1-23(2,3)31-21(26)14-30-19-11-9-17(25)13-16(19)8-6-15-7-10-18-20(12-15)32(28,29)24(4,5)22(18)27/h7,9-13,22,27H,14H2,1-5H3. The van der Waals surface area contributed by atoms with Gasteiger partial charge in [-0.1, -0.05) is 29.5 Å². The van der Waals surface area contributed by atoms with E-state index in [0.717, 1.165) is 0 Å². The number of halogens is 1. The Morgan fingerprint density at radius 1 is 1.16 bits per heavy atom. The molecule has 0 fully saturated rings. The Labute approximate surface area is 193 Å². The largest absolute Gasteiger partial charge is 0.481 e. The van der Waals surface area contributed by atoms with Crippen molar-refractivity contribution in [3.8, 4) is 17.6 Å². The molecule has 0 aromatic heterocycles. The molecule has 0 aliphatic carbocycles. The number of carbonyl (C=O) groups is 1. The predicted octanol–water partition coefficient (Wildman–Crippen LogP) is 4.06. The fourth-order valence-electron chi connectivity index (χ4n) is 3.25. The van der Waals surface area contributed by atoms with Gasteiger partial charge >= 0.3 is 5.97 Å². The Hall–Kier alpha value is -2.53. The molecule has 2 aromatic carbocycles. The molecule has 0 bridgehead atoms. The monoisotopic (exact) mass is 476 g/mol. The van der Waals surface area contributed by atoms with E-state index < -0.39 is 32.3 Å². The van der Waals surface area contributed by atoms with Gasteiger partial charge in [-0.25, -0.2) is 13.2 Å². The molecule has 170 valence electrons. The van der Waals surface area contributed by atoms with Gasteiger partial charge in [0.1, 0.15) is 16.1 Å². The van der Waals surface area contributed by atoms with E-state index in [2.05, 4.69) is 11.8 Å². The Morgan fingerprint density at radius 3 is 2.50 bits per heavy atom. The average Bonchev–Trinajstić information content (AvgIpc) is 2.81. The van der Waals surface area contributed by atoms with Crippen LogP contribution in [0.25, 0.3) is 0 Å². The molecule has 1 heterocycles. The van der Waals surface area contributed by atoms with E-state index in [9.17, 15) is 18.3 Å². The van der Waals surface area contributed by atoms with Crippen LogP contribution in [0.2, 0.25) is 5.02 Å². The van der Waals surface area contributed by atoms with Gasteiger partial charge in [-0.2, -0.15) is 0 Å². The second kappa shape index (κ2) is 8.43. The van der Waals surface area contributed by atoms with Crippen LogP contribution in [-0.2, 0) is 19.4 Å². The summed E-state index contributed by atoms with van der Waals surface area (Å²) in [5.74, 6) is 5.67. The summed E-state index contributed by atoms with van der Waals surface area (Å²) in [6.45, 7) is 8.00. The molecule has 3 rings (SSSR count). The van der Waals surface area contributed by atoms with Gasteiger partial charge in [-0.15, -0.1) is 0 Å². The highest BCUT2D eigenvalue weighted by molar-refractivity contribution is 7.93. The van der Waals surface area contributed by atoms with Crippen LogP contribution < -0.4 is 4.74 Å². The molecule has 2 aromatic rings. The molecule has 1 aliphatic rings. The van der Waals surface area contributed by atoms with Crippen LogP contribution in [0.3, 0.4) is 0 Å². The van der Waals surface area contributed by atoms with Crippen molar-refractivity contribution in [2.75, 3.05) is 6.61 Å². The first-order valence-corrected chi connectivity index (χ1v) is 11.8. The Morgan fingerprint density at radius 2 is 1.84 bits per heavy atom. The highest BCUT2D eigenvalue weighted by atomic mass is 35.5. The highest BCUT2D eigenvalue weighted by Crippen LogP contribution is 2.46. The van der Waals surface area contributed by atoms with Crippen LogP contribution in [0.15, 0.2) is 41.3 Å². The van der Waals surface area contributed by atoms with Crippen molar-refractivity contribution in [1.29, 1.82) is 0 Å². The minimum Gasteiger partial charge on any atom is -0.481 e. The van der Waals surface area contributed by atoms with Crippen molar-refractivity contribution < 1.29 is 27.8 Å². The van der Waals surface area contributed by atoms with E-state index in [-0.39, 0.29) is 11.5 Å². The number of aliphatic hydroxyl groups excluding tert-OH is 1. The van der Waals surface area contributed by atoms with Crippen LogP contribution in [0, 0.1) is 11.8 Å². The third-order valence-electron chi connectivity index (χ3n) is 5.00. The number of sulfone groups is 1. The number of hydrogen-bond donors (Lipinski definition) is 1. The summed E-state index contributed by atoms with van der Waals surface area (Å²) in [6.07, 6.45) is -1.11. The summed E-state index contributed by atoms with van der Waals surface area (Å²) >= 11 is 6.09. The number of esters is 1. The number of fused-ring (bicyclic) bond motifs is 1. The van der Waals surface area contributed by atoms with Crippen molar-refractivity contribution in [3.63, 3.8) is 0 Å². The lowest BCUT2D eigenvalue weighted by molar-refractivity contribution is -0.157. The molecule has 1 aliphatic heterocycles. The van der Waals surface area contributed by atoms with Crippen molar-refractivity contribution in [3.05, 3.63) is 58.1 Å².